The predicted molar refractivity (Wildman–Crippen MR) is 45.9 cm³/mol. The quantitative estimate of drug-likeness (QED) is 0.797. The van der Waals surface area contributed by atoms with Crippen molar-refractivity contribution in [3.05, 3.63) is 24.0 Å². The van der Waals surface area contributed by atoms with Gasteiger partial charge in [0.1, 0.15) is 5.69 Å². The monoisotopic (exact) mass is 202 g/mol. The minimum Gasteiger partial charge on any atom is -0.381 e. The number of halogens is 3. The summed E-state index contributed by atoms with van der Waals surface area (Å²) in [7, 11) is 0. The minimum atomic E-state index is -4.35. The number of hydrogen-bond acceptors (Lipinski definition) is 2. The summed E-state index contributed by atoms with van der Waals surface area (Å²) in [6, 6.07) is 2.83. The smallest absolute Gasteiger partial charge is 0.381 e. The fraction of sp³-hybridized carbons (Fsp3) is 0.444. The Bertz CT molecular complexity index is 314. The Labute approximate surface area is 79.2 Å². The molecule has 1 aromatic rings. The summed E-state index contributed by atoms with van der Waals surface area (Å²) in [6.07, 6.45) is -0.957. The normalized spacial score (nSPS) is 16.8. The molecule has 0 bridgehead atoms. The van der Waals surface area contributed by atoms with Crippen LogP contribution in [0.15, 0.2) is 18.3 Å². The lowest BCUT2D eigenvalue weighted by molar-refractivity contribution is -0.141. The van der Waals surface area contributed by atoms with Crippen molar-refractivity contribution in [1.29, 1.82) is 0 Å². The zero-order valence-electron chi connectivity index (χ0n) is 7.30. The average Bonchev–Trinajstić information content (AvgIpc) is 2.88. The first-order valence-electron chi connectivity index (χ1n) is 4.35. The van der Waals surface area contributed by atoms with E-state index in [0.717, 1.165) is 18.9 Å². The van der Waals surface area contributed by atoms with Crippen LogP contribution in [0.4, 0.5) is 18.9 Å². The van der Waals surface area contributed by atoms with Crippen LogP contribution < -0.4 is 5.32 Å². The molecule has 0 aliphatic heterocycles. The van der Waals surface area contributed by atoms with E-state index in [2.05, 4.69) is 10.3 Å². The second kappa shape index (κ2) is 3.15. The molecule has 0 amide bonds. The van der Waals surface area contributed by atoms with E-state index < -0.39 is 11.9 Å². The molecule has 2 rings (SSSR count). The molecule has 0 saturated heterocycles. The van der Waals surface area contributed by atoms with Gasteiger partial charge in [-0.15, -0.1) is 0 Å². The number of nitrogens with zero attached hydrogens (tertiary/aromatic N) is 1. The third kappa shape index (κ3) is 2.16. The van der Waals surface area contributed by atoms with Crippen molar-refractivity contribution in [2.45, 2.75) is 25.1 Å². The van der Waals surface area contributed by atoms with Crippen molar-refractivity contribution in [3.8, 4) is 0 Å². The predicted octanol–water partition coefficient (Wildman–Crippen LogP) is 2.67. The summed E-state index contributed by atoms with van der Waals surface area (Å²) in [5.74, 6) is 0. The highest BCUT2D eigenvalue weighted by Gasteiger charge is 2.32. The van der Waals surface area contributed by atoms with E-state index in [1.807, 2.05) is 0 Å². The van der Waals surface area contributed by atoms with E-state index in [1.165, 1.54) is 12.3 Å². The zero-order valence-corrected chi connectivity index (χ0v) is 7.30. The van der Waals surface area contributed by atoms with Crippen molar-refractivity contribution in [2.24, 2.45) is 0 Å². The Morgan fingerprint density at radius 3 is 2.43 bits per heavy atom. The number of alkyl halides is 3. The van der Waals surface area contributed by atoms with Gasteiger partial charge in [-0.25, -0.2) is 4.98 Å². The van der Waals surface area contributed by atoms with E-state index in [9.17, 15) is 13.2 Å². The van der Waals surface area contributed by atoms with Crippen molar-refractivity contribution >= 4 is 5.69 Å². The molecule has 0 atom stereocenters. The van der Waals surface area contributed by atoms with Crippen molar-refractivity contribution in [3.63, 3.8) is 0 Å². The molecule has 76 valence electrons. The van der Waals surface area contributed by atoms with Gasteiger partial charge in [-0.1, -0.05) is 0 Å². The lowest BCUT2D eigenvalue weighted by atomic mass is 10.3. The highest BCUT2D eigenvalue weighted by Crippen LogP contribution is 2.29. The molecule has 0 radical (unpaired) electrons. The van der Waals surface area contributed by atoms with Gasteiger partial charge < -0.3 is 5.32 Å². The molecule has 0 aromatic carbocycles. The summed E-state index contributed by atoms with van der Waals surface area (Å²) in [4.78, 5) is 3.34. The van der Waals surface area contributed by atoms with E-state index in [4.69, 9.17) is 0 Å². The maximum Gasteiger partial charge on any atom is 0.433 e. The second-order valence-electron chi connectivity index (χ2n) is 3.35. The molecular formula is C9H9F3N2. The van der Waals surface area contributed by atoms with E-state index in [0.29, 0.717) is 11.7 Å². The van der Waals surface area contributed by atoms with Crippen LogP contribution in [-0.4, -0.2) is 11.0 Å². The van der Waals surface area contributed by atoms with Gasteiger partial charge in [-0.2, -0.15) is 13.2 Å². The van der Waals surface area contributed by atoms with Crippen LogP contribution in [0.3, 0.4) is 0 Å². The van der Waals surface area contributed by atoms with Crippen LogP contribution in [-0.2, 0) is 6.18 Å². The van der Waals surface area contributed by atoms with Crippen LogP contribution in [0.1, 0.15) is 18.5 Å². The van der Waals surface area contributed by atoms with E-state index in [-0.39, 0.29) is 0 Å². The van der Waals surface area contributed by atoms with Gasteiger partial charge in [0.05, 0.1) is 11.9 Å². The van der Waals surface area contributed by atoms with Crippen LogP contribution in [0, 0.1) is 0 Å². The number of anilines is 1. The van der Waals surface area contributed by atoms with E-state index in [1.54, 1.807) is 0 Å². The first kappa shape index (κ1) is 9.30. The lowest BCUT2D eigenvalue weighted by Gasteiger charge is -2.07. The molecule has 0 spiro atoms. The zero-order chi connectivity index (χ0) is 10.2. The topological polar surface area (TPSA) is 24.9 Å². The molecule has 1 fully saturated rings. The molecule has 1 aromatic heterocycles. The number of aromatic nitrogens is 1. The molecular weight excluding hydrogens is 193 g/mol. The number of hydrogen-bond donors (Lipinski definition) is 1. The van der Waals surface area contributed by atoms with Gasteiger partial charge in [0.15, 0.2) is 0 Å². The van der Waals surface area contributed by atoms with Gasteiger partial charge in [-0.05, 0) is 25.0 Å². The largest absolute Gasteiger partial charge is 0.433 e. The summed E-state index contributed by atoms with van der Waals surface area (Å²) in [6.45, 7) is 0. The molecule has 0 unspecified atom stereocenters. The minimum absolute atomic E-state index is 0.425. The number of nitrogens with one attached hydrogen (secondary N) is 1. The van der Waals surface area contributed by atoms with E-state index >= 15 is 0 Å². The standard InChI is InChI=1S/C9H9F3N2/c10-9(11,12)8-4-3-7(5-13-8)14-6-1-2-6/h3-6,14H,1-2H2. The van der Waals surface area contributed by atoms with Gasteiger partial charge >= 0.3 is 6.18 Å². The van der Waals surface area contributed by atoms with Crippen molar-refractivity contribution in [2.75, 3.05) is 5.32 Å². The van der Waals surface area contributed by atoms with Crippen LogP contribution in [0.2, 0.25) is 0 Å². The fourth-order valence-electron chi connectivity index (χ4n) is 1.11. The maximum atomic E-state index is 12.1. The third-order valence-corrected chi connectivity index (χ3v) is 2.00. The molecule has 1 aliphatic carbocycles. The SMILES string of the molecule is FC(F)(F)c1ccc(NC2CC2)cn1. The Morgan fingerprint density at radius 2 is 2.00 bits per heavy atom. The van der Waals surface area contributed by atoms with Gasteiger partial charge in [0.2, 0.25) is 0 Å². The first-order valence-corrected chi connectivity index (χ1v) is 4.35. The maximum absolute atomic E-state index is 12.1. The Balaban J connectivity index is 2.08. The Morgan fingerprint density at radius 1 is 1.29 bits per heavy atom. The summed E-state index contributed by atoms with van der Waals surface area (Å²) < 4.78 is 36.3. The summed E-state index contributed by atoms with van der Waals surface area (Å²) >= 11 is 0. The van der Waals surface area contributed by atoms with Gasteiger partial charge in [-0.3, -0.25) is 0 Å². The molecule has 5 heteroatoms. The molecule has 1 saturated carbocycles. The van der Waals surface area contributed by atoms with Crippen LogP contribution in [0.5, 0.6) is 0 Å². The fourth-order valence-corrected chi connectivity index (χ4v) is 1.11. The van der Waals surface area contributed by atoms with Crippen LogP contribution in [0.25, 0.3) is 0 Å². The second-order valence-corrected chi connectivity index (χ2v) is 3.35. The van der Waals surface area contributed by atoms with Crippen LogP contribution >= 0.6 is 0 Å². The highest BCUT2D eigenvalue weighted by atomic mass is 19.4. The highest BCUT2D eigenvalue weighted by molar-refractivity contribution is 5.43. The Kier molecular flexibility index (Phi) is 2.09. The third-order valence-electron chi connectivity index (χ3n) is 2.00. The van der Waals surface area contributed by atoms with Gasteiger partial charge in [0.25, 0.3) is 0 Å². The molecule has 1 N–H and O–H groups in total. The van der Waals surface area contributed by atoms with Crippen molar-refractivity contribution < 1.29 is 13.2 Å². The molecule has 14 heavy (non-hydrogen) atoms. The van der Waals surface area contributed by atoms with Crippen molar-refractivity contribution in [1.82, 2.24) is 4.98 Å². The molecule has 1 aliphatic rings. The number of rotatable bonds is 2. The average molecular weight is 202 g/mol. The first-order chi connectivity index (χ1) is 6.55. The summed E-state index contributed by atoms with van der Waals surface area (Å²) in [5.41, 5.74) is -0.195. The van der Waals surface area contributed by atoms with Gasteiger partial charge in [0, 0.05) is 6.04 Å². The molecule has 1 heterocycles. The number of pyridine rings is 1. The summed E-state index contributed by atoms with van der Waals surface area (Å²) in [5, 5.41) is 3.06. The lowest BCUT2D eigenvalue weighted by Crippen LogP contribution is -2.08. The Hall–Kier alpha value is -1.26. The molecule has 2 nitrogen and oxygen atoms in total.